The molecule has 1 aromatic carbocycles. The summed E-state index contributed by atoms with van der Waals surface area (Å²) in [5, 5.41) is 22.0. The van der Waals surface area contributed by atoms with E-state index in [1.54, 1.807) is 37.5 Å². The summed E-state index contributed by atoms with van der Waals surface area (Å²) in [7, 11) is 0. The van der Waals surface area contributed by atoms with Gasteiger partial charge in [0.05, 0.1) is 29.5 Å². The second kappa shape index (κ2) is 9.64. The zero-order valence-corrected chi connectivity index (χ0v) is 18.5. The number of amides is 1. The topological polar surface area (TPSA) is 147 Å². The van der Waals surface area contributed by atoms with Crippen LogP contribution in [0.5, 0.6) is 0 Å². The van der Waals surface area contributed by atoms with E-state index in [2.05, 4.69) is 26.3 Å². The van der Waals surface area contributed by atoms with Crippen LogP contribution < -0.4 is 5.32 Å². The number of aliphatic hydroxyl groups excluding tert-OH is 1. The summed E-state index contributed by atoms with van der Waals surface area (Å²) in [6.45, 7) is 3.57. The summed E-state index contributed by atoms with van der Waals surface area (Å²) in [5.74, 6) is -0.0803. The molecule has 0 saturated carbocycles. The van der Waals surface area contributed by atoms with Gasteiger partial charge in [-0.15, -0.1) is 0 Å². The van der Waals surface area contributed by atoms with Crippen molar-refractivity contribution in [1.29, 1.82) is 5.26 Å². The van der Waals surface area contributed by atoms with Gasteiger partial charge in [-0.3, -0.25) is 4.98 Å². The van der Waals surface area contributed by atoms with Crippen molar-refractivity contribution in [1.82, 2.24) is 20.3 Å². The van der Waals surface area contributed by atoms with Gasteiger partial charge >= 0.3 is 12.1 Å². The number of pyridine rings is 1. The van der Waals surface area contributed by atoms with Gasteiger partial charge < -0.3 is 19.9 Å². The number of alkyl carbamates (subject to hydrolysis) is 1. The molecule has 10 nitrogen and oxygen atoms in total. The highest BCUT2D eigenvalue weighted by atomic mass is 16.5. The molecule has 0 fully saturated rings. The molecule has 3 heterocycles. The highest BCUT2D eigenvalue weighted by Crippen LogP contribution is 2.28. The second-order valence-corrected chi connectivity index (χ2v) is 7.74. The molecule has 0 bridgehead atoms. The molecule has 0 saturated heterocycles. The van der Waals surface area contributed by atoms with Gasteiger partial charge in [0.2, 0.25) is 0 Å². The lowest BCUT2D eigenvalue weighted by Gasteiger charge is -2.16. The highest BCUT2D eigenvalue weighted by Gasteiger charge is 2.25. The highest BCUT2D eigenvalue weighted by molar-refractivity contribution is 5.94. The summed E-state index contributed by atoms with van der Waals surface area (Å²) in [5.41, 5.74) is 5.20. The molecule has 34 heavy (non-hydrogen) atoms. The lowest BCUT2D eigenvalue weighted by molar-refractivity contribution is 0.0534. The monoisotopic (exact) mass is 459 g/mol. The number of aliphatic hydroxyl groups is 1. The van der Waals surface area contributed by atoms with E-state index >= 15 is 0 Å². The molecule has 1 atom stereocenters. The molecule has 3 aromatic rings. The van der Waals surface area contributed by atoms with Crippen LogP contribution in [0, 0.1) is 25.2 Å². The molecule has 1 amide bonds. The maximum Gasteiger partial charge on any atom is 0.407 e. The molecular weight excluding hydrogens is 438 g/mol. The average Bonchev–Trinajstić information content (AvgIpc) is 3.23. The number of aryl methyl sites for hydroxylation is 1. The maximum atomic E-state index is 12.1. The maximum absolute atomic E-state index is 12.1. The van der Waals surface area contributed by atoms with Crippen molar-refractivity contribution in [2.24, 2.45) is 0 Å². The van der Waals surface area contributed by atoms with Gasteiger partial charge in [0.15, 0.2) is 12.4 Å². The Morgan fingerprint density at radius 1 is 1.26 bits per heavy atom. The van der Waals surface area contributed by atoms with Crippen LogP contribution in [0.4, 0.5) is 4.79 Å². The van der Waals surface area contributed by atoms with E-state index in [1.807, 2.05) is 6.92 Å². The number of carbonyl (C=O) groups is 2. The van der Waals surface area contributed by atoms with E-state index < -0.39 is 12.2 Å². The van der Waals surface area contributed by atoms with E-state index in [0.717, 1.165) is 16.7 Å². The van der Waals surface area contributed by atoms with Gasteiger partial charge in [0.1, 0.15) is 12.7 Å². The minimum atomic E-state index is -0.979. The SMILES string of the molecule is Cc1cc(-c2cnc(COC(=O)NCC(O)c3ccc4c(c3C)COC4=O)nc2)ncc1C#N. The number of esters is 1. The van der Waals surface area contributed by atoms with Crippen LogP contribution in [0.2, 0.25) is 0 Å². The molecule has 172 valence electrons. The number of cyclic esters (lactones) is 1. The van der Waals surface area contributed by atoms with Crippen molar-refractivity contribution in [3.63, 3.8) is 0 Å². The van der Waals surface area contributed by atoms with E-state index in [0.29, 0.717) is 33.8 Å². The number of benzene rings is 1. The van der Waals surface area contributed by atoms with Gasteiger partial charge in [-0.05, 0) is 42.7 Å². The largest absolute Gasteiger partial charge is 0.457 e. The Balaban J connectivity index is 1.29. The molecule has 10 heteroatoms. The number of hydrogen-bond acceptors (Lipinski definition) is 9. The van der Waals surface area contributed by atoms with Crippen molar-refractivity contribution in [3.05, 3.63) is 76.0 Å². The third-order valence-corrected chi connectivity index (χ3v) is 5.57. The predicted octanol–water partition coefficient (Wildman–Crippen LogP) is 2.66. The summed E-state index contributed by atoms with van der Waals surface area (Å²) in [6, 6.07) is 7.11. The smallest absolute Gasteiger partial charge is 0.407 e. The van der Waals surface area contributed by atoms with Crippen LogP contribution in [-0.4, -0.2) is 38.7 Å². The normalized spacial score (nSPS) is 12.9. The molecule has 0 aliphatic carbocycles. The first-order valence-corrected chi connectivity index (χ1v) is 10.4. The Kier molecular flexibility index (Phi) is 6.47. The summed E-state index contributed by atoms with van der Waals surface area (Å²) in [4.78, 5) is 36.3. The first-order chi connectivity index (χ1) is 16.4. The molecule has 2 N–H and O–H groups in total. The van der Waals surface area contributed by atoms with Crippen LogP contribution in [0.1, 0.15) is 50.1 Å². The number of nitrogens with one attached hydrogen (secondary N) is 1. The lowest BCUT2D eigenvalue weighted by Crippen LogP contribution is -2.29. The molecular formula is C24H21N5O5. The number of ether oxygens (including phenoxy) is 2. The zero-order chi connectivity index (χ0) is 24.2. The van der Waals surface area contributed by atoms with Gasteiger partial charge in [0, 0.05) is 29.7 Å². The Hall–Kier alpha value is -4.36. The minimum Gasteiger partial charge on any atom is -0.457 e. The average molecular weight is 459 g/mol. The fourth-order valence-corrected chi connectivity index (χ4v) is 3.59. The fourth-order valence-electron chi connectivity index (χ4n) is 3.59. The van der Waals surface area contributed by atoms with Crippen molar-refractivity contribution in [2.75, 3.05) is 6.54 Å². The Labute approximate surface area is 195 Å². The van der Waals surface area contributed by atoms with Crippen LogP contribution >= 0.6 is 0 Å². The number of carbonyl (C=O) groups excluding carboxylic acids is 2. The van der Waals surface area contributed by atoms with Gasteiger partial charge in [-0.25, -0.2) is 19.6 Å². The number of rotatable bonds is 6. The van der Waals surface area contributed by atoms with Crippen LogP contribution in [0.15, 0.2) is 36.8 Å². The lowest BCUT2D eigenvalue weighted by atomic mass is 9.95. The Morgan fingerprint density at radius 3 is 2.74 bits per heavy atom. The third kappa shape index (κ3) is 4.69. The molecule has 0 radical (unpaired) electrons. The van der Waals surface area contributed by atoms with E-state index in [4.69, 9.17) is 14.7 Å². The summed E-state index contributed by atoms with van der Waals surface area (Å²) < 4.78 is 10.1. The van der Waals surface area contributed by atoms with Crippen LogP contribution in [0.25, 0.3) is 11.3 Å². The molecule has 2 aromatic heterocycles. The molecule has 1 unspecified atom stereocenters. The zero-order valence-electron chi connectivity index (χ0n) is 18.5. The number of nitriles is 1. The third-order valence-electron chi connectivity index (χ3n) is 5.57. The standard InChI is InChI=1S/C24H21N5O5/c1-13-5-20(26-7-15(13)6-25)16-8-27-22(28-9-16)12-34-24(32)29-10-21(30)17-3-4-18-19(14(17)2)11-33-23(18)31/h3-5,7-9,21,30H,10-12H2,1-2H3,(H,29,32). The number of nitrogens with zero attached hydrogens (tertiary/aromatic N) is 4. The minimum absolute atomic E-state index is 0.0726. The van der Waals surface area contributed by atoms with Gasteiger partial charge in [-0.2, -0.15) is 5.26 Å². The molecule has 4 rings (SSSR count). The first-order valence-electron chi connectivity index (χ1n) is 10.4. The van der Waals surface area contributed by atoms with Crippen molar-refractivity contribution in [3.8, 4) is 17.3 Å². The van der Waals surface area contributed by atoms with Gasteiger partial charge in [-0.1, -0.05) is 6.07 Å². The van der Waals surface area contributed by atoms with Gasteiger partial charge in [0.25, 0.3) is 0 Å². The summed E-state index contributed by atoms with van der Waals surface area (Å²) >= 11 is 0. The number of hydrogen-bond donors (Lipinski definition) is 2. The molecule has 1 aliphatic heterocycles. The molecule has 0 spiro atoms. The van der Waals surface area contributed by atoms with Crippen molar-refractivity contribution in [2.45, 2.75) is 33.2 Å². The number of aromatic nitrogens is 3. The Morgan fingerprint density at radius 2 is 2.03 bits per heavy atom. The quantitative estimate of drug-likeness (QED) is 0.531. The van der Waals surface area contributed by atoms with E-state index in [9.17, 15) is 14.7 Å². The van der Waals surface area contributed by atoms with Crippen LogP contribution in [-0.2, 0) is 22.7 Å². The first kappa shape index (κ1) is 22.8. The van der Waals surface area contributed by atoms with E-state index in [1.165, 1.54) is 6.20 Å². The Bertz CT molecular complexity index is 1300. The van der Waals surface area contributed by atoms with Crippen molar-refractivity contribution < 1.29 is 24.2 Å². The fraction of sp³-hybridized carbons (Fsp3) is 0.250. The van der Waals surface area contributed by atoms with E-state index in [-0.39, 0.29) is 25.7 Å². The number of fused-ring (bicyclic) bond motifs is 1. The second-order valence-electron chi connectivity index (χ2n) is 7.74. The van der Waals surface area contributed by atoms with Crippen molar-refractivity contribution >= 4 is 12.1 Å². The predicted molar refractivity (Wildman–Crippen MR) is 118 cm³/mol. The molecule has 1 aliphatic rings. The summed E-state index contributed by atoms with van der Waals surface area (Å²) in [6.07, 6.45) is 2.91. The van der Waals surface area contributed by atoms with Crippen LogP contribution in [0.3, 0.4) is 0 Å².